The van der Waals surface area contributed by atoms with Gasteiger partial charge in [0, 0.05) is 24.3 Å². The molecule has 1 atom stereocenters. The van der Waals surface area contributed by atoms with E-state index in [1.54, 1.807) is 10.9 Å². The maximum Gasteiger partial charge on any atom is 0.326 e. The quantitative estimate of drug-likeness (QED) is 0.891. The monoisotopic (exact) mass is 351 g/mol. The van der Waals surface area contributed by atoms with Crippen molar-refractivity contribution in [3.05, 3.63) is 23.7 Å². The standard InChI is InChI=1S/C16H19F2N5O2/c1-3-23-9(2)10(8-19-23)11-7-12(14(17)18)21-16(20-11)22-6-4-5-13(22)15(24)25/h7-8,13-14H,3-6H2,1-2H3,(H,24,25). The smallest absolute Gasteiger partial charge is 0.326 e. The Morgan fingerprint density at radius 3 is 2.80 bits per heavy atom. The highest BCUT2D eigenvalue weighted by Gasteiger charge is 2.33. The fraction of sp³-hybridized carbons (Fsp3) is 0.500. The molecule has 0 spiro atoms. The predicted octanol–water partition coefficient (Wildman–Crippen LogP) is 2.66. The third kappa shape index (κ3) is 3.18. The lowest BCUT2D eigenvalue weighted by Gasteiger charge is -2.22. The molecule has 2 aromatic heterocycles. The number of rotatable bonds is 5. The maximum atomic E-state index is 13.3. The van der Waals surface area contributed by atoms with E-state index < -0.39 is 24.1 Å². The molecule has 1 saturated heterocycles. The van der Waals surface area contributed by atoms with Gasteiger partial charge in [-0.2, -0.15) is 5.10 Å². The van der Waals surface area contributed by atoms with Crippen LogP contribution in [0.15, 0.2) is 12.3 Å². The molecule has 0 amide bonds. The number of anilines is 1. The molecule has 3 heterocycles. The lowest BCUT2D eigenvalue weighted by atomic mass is 10.1. The molecule has 3 rings (SSSR count). The van der Waals surface area contributed by atoms with E-state index >= 15 is 0 Å². The SMILES string of the molecule is CCn1ncc(-c2cc(C(F)F)nc(N3CCCC3C(=O)O)n2)c1C. The zero-order chi connectivity index (χ0) is 18.1. The Balaban J connectivity index is 2.09. The van der Waals surface area contributed by atoms with Crippen LogP contribution < -0.4 is 4.90 Å². The lowest BCUT2D eigenvalue weighted by Crippen LogP contribution is -2.37. The summed E-state index contributed by atoms with van der Waals surface area (Å²) in [5, 5.41) is 13.5. The van der Waals surface area contributed by atoms with Crippen molar-refractivity contribution in [2.75, 3.05) is 11.4 Å². The number of carboxylic acid groups (broad SMARTS) is 1. The van der Waals surface area contributed by atoms with Crippen molar-refractivity contribution in [3.63, 3.8) is 0 Å². The normalized spacial score (nSPS) is 17.5. The van der Waals surface area contributed by atoms with Gasteiger partial charge in [-0.1, -0.05) is 0 Å². The first kappa shape index (κ1) is 17.2. The van der Waals surface area contributed by atoms with E-state index in [2.05, 4.69) is 15.1 Å². The molecule has 25 heavy (non-hydrogen) atoms. The molecular formula is C16H19F2N5O2. The minimum absolute atomic E-state index is 0.0290. The van der Waals surface area contributed by atoms with Gasteiger partial charge in [-0.3, -0.25) is 4.68 Å². The molecule has 0 aliphatic carbocycles. The molecule has 134 valence electrons. The lowest BCUT2D eigenvalue weighted by molar-refractivity contribution is -0.138. The first-order valence-corrected chi connectivity index (χ1v) is 8.11. The molecule has 0 radical (unpaired) electrons. The van der Waals surface area contributed by atoms with Crippen molar-refractivity contribution in [1.29, 1.82) is 0 Å². The van der Waals surface area contributed by atoms with E-state index in [1.807, 2.05) is 13.8 Å². The Kier molecular flexibility index (Phi) is 4.65. The van der Waals surface area contributed by atoms with Crippen molar-refractivity contribution >= 4 is 11.9 Å². The predicted molar refractivity (Wildman–Crippen MR) is 86.6 cm³/mol. The average molecular weight is 351 g/mol. The number of carboxylic acids is 1. The van der Waals surface area contributed by atoms with Gasteiger partial charge in [0.2, 0.25) is 5.95 Å². The van der Waals surface area contributed by atoms with E-state index in [0.29, 0.717) is 37.2 Å². The first-order valence-electron chi connectivity index (χ1n) is 8.11. The molecule has 1 N–H and O–H groups in total. The molecule has 1 aliphatic heterocycles. The number of aryl methyl sites for hydroxylation is 1. The molecule has 0 bridgehead atoms. The van der Waals surface area contributed by atoms with Gasteiger partial charge in [0.1, 0.15) is 11.7 Å². The second-order valence-electron chi connectivity index (χ2n) is 5.93. The van der Waals surface area contributed by atoms with Crippen LogP contribution in [0, 0.1) is 6.92 Å². The van der Waals surface area contributed by atoms with Crippen molar-refractivity contribution < 1.29 is 18.7 Å². The minimum atomic E-state index is -2.77. The molecule has 7 nitrogen and oxygen atoms in total. The number of carbonyl (C=O) groups is 1. The average Bonchev–Trinajstić information content (AvgIpc) is 3.20. The summed E-state index contributed by atoms with van der Waals surface area (Å²) in [4.78, 5) is 21.2. The van der Waals surface area contributed by atoms with Crippen LogP contribution in [0.5, 0.6) is 0 Å². The number of hydrogen-bond acceptors (Lipinski definition) is 5. The summed E-state index contributed by atoms with van der Waals surface area (Å²) in [6.07, 6.45) is -0.0900. The summed E-state index contributed by atoms with van der Waals surface area (Å²) < 4.78 is 28.4. The third-order valence-corrected chi connectivity index (χ3v) is 4.43. The molecule has 1 aliphatic rings. The second-order valence-corrected chi connectivity index (χ2v) is 5.93. The van der Waals surface area contributed by atoms with Crippen LogP contribution in [0.3, 0.4) is 0 Å². The molecule has 2 aromatic rings. The summed E-state index contributed by atoms with van der Waals surface area (Å²) in [7, 11) is 0. The second kappa shape index (κ2) is 6.73. The first-order chi connectivity index (χ1) is 11.9. The molecular weight excluding hydrogens is 332 g/mol. The summed E-state index contributed by atoms with van der Waals surface area (Å²) >= 11 is 0. The largest absolute Gasteiger partial charge is 0.480 e. The van der Waals surface area contributed by atoms with Crippen molar-refractivity contribution in [3.8, 4) is 11.3 Å². The van der Waals surface area contributed by atoms with Gasteiger partial charge in [0.05, 0.1) is 11.9 Å². The summed E-state index contributed by atoms with van der Waals surface area (Å²) in [6.45, 7) is 4.85. The highest BCUT2D eigenvalue weighted by Crippen LogP contribution is 2.30. The van der Waals surface area contributed by atoms with Crippen LogP contribution in [0.2, 0.25) is 0 Å². The number of alkyl halides is 2. The van der Waals surface area contributed by atoms with Gasteiger partial charge >= 0.3 is 5.97 Å². The van der Waals surface area contributed by atoms with Gasteiger partial charge in [0.15, 0.2) is 0 Å². The zero-order valence-corrected chi connectivity index (χ0v) is 14.0. The third-order valence-electron chi connectivity index (χ3n) is 4.43. The van der Waals surface area contributed by atoms with Gasteiger partial charge in [-0.15, -0.1) is 0 Å². The number of hydrogen-bond donors (Lipinski definition) is 1. The van der Waals surface area contributed by atoms with Crippen molar-refractivity contribution in [1.82, 2.24) is 19.7 Å². The van der Waals surface area contributed by atoms with E-state index in [4.69, 9.17) is 0 Å². The summed E-state index contributed by atoms with van der Waals surface area (Å²) in [5.41, 5.74) is 1.36. The van der Waals surface area contributed by atoms with Crippen LogP contribution in [0.25, 0.3) is 11.3 Å². The summed E-state index contributed by atoms with van der Waals surface area (Å²) in [6, 6.07) is 0.449. The van der Waals surface area contributed by atoms with Crippen LogP contribution in [-0.4, -0.2) is 43.4 Å². The molecule has 1 fully saturated rings. The Labute approximate surface area is 143 Å². The maximum absolute atomic E-state index is 13.3. The number of aliphatic carboxylic acids is 1. The topological polar surface area (TPSA) is 84.1 Å². The van der Waals surface area contributed by atoms with Crippen LogP contribution in [0.1, 0.15) is 37.6 Å². The van der Waals surface area contributed by atoms with Crippen LogP contribution >= 0.6 is 0 Å². The highest BCUT2D eigenvalue weighted by atomic mass is 19.3. The van der Waals surface area contributed by atoms with E-state index in [0.717, 1.165) is 5.69 Å². The summed E-state index contributed by atoms with van der Waals surface area (Å²) in [5.74, 6) is -0.971. The Bertz CT molecular complexity index is 793. The van der Waals surface area contributed by atoms with E-state index in [-0.39, 0.29) is 5.95 Å². The zero-order valence-electron chi connectivity index (χ0n) is 14.0. The fourth-order valence-electron chi connectivity index (χ4n) is 3.11. The Morgan fingerprint density at radius 1 is 1.44 bits per heavy atom. The highest BCUT2D eigenvalue weighted by molar-refractivity contribution is 5.78. The van der Waals surface area contributed by atoms with Gasteiger partial charge in [-0.05, 0) is 32.8 Å². The number of halogens is 2. The van der Waals surface area contributed by atoms with E-state index in [1.165, 1.54) is 11.0 Å². The van der Waals surface area contributed by atoms with E-state index in [9.17, 15) is 18.7 Å². The van der Waals surface area contributed by atoms with Crippen molar-refractivity contribution in [2.24, 2.45) is 0 Å². The Morgan fingerprint density at radius 2 is 2.20 bits per heavy atom. The van der Waals surface area contributed by atoms with Gasteiger partial charge < -0.3 is 10.0 Å². The minimum Gasteiger partial charge on any atom is -0.480 e. The fourth-order valence-corrected chi connectivity index (χ4v) is 3.11. The Hall–Kier alpha value is -2.58. The molecule has 1 unspecified atom stereocenters. The molecule has 9 heteroatoms. The van der Waals surface area contributed by atoms with Crippen LogP contribution in [0.4, 0.5) is 14.7 Å². The number of aromatic nitrogens is 4. The van der Waals surface area contributed by atoms with Crippen LogP contribution in [-0.2, 0) is 11.3 Å². The van der Waals surface area contributed by atoms with Gasteiger partial charge in [0.25, 0.3) is 6.43 Å². The van der Waals surface area contributed by atoms with Gasteiger partial charge in [-0.25, -0.2) is 23.5 Å². The number of nitrogens with zero attached hydrogens (tertiary/aromatic N) is 5. The molecule has 0 aromatic carbocycles. The molecule has 0 saturated carbocycles. The van der Waals surface area contributed by atoms with Crippen molar-refractivity contribution in [2.45, 2.75) is 45.7 Å².